The summed E-state index contributed by atoms with van der Waals surface area (Å²) in [5.74, 6) is 0.467. The molecule has 1 amide bonds. The lowest BCUT2D eigenvalue weighted by Gasteiger charge is -2.14. The predicted molar refractivity (Wildman–Crippen MR) is 97.0 cm³/mol. The van der Waals surface area contributed by atoms with Gasteiger partial charge in [-0.15, -0.1) is 0 Å². The van der Waals surface area contributed by atoms with Crippen LogP contribution in [0.4, 0.5) is 0 Å². The van der Waals surface area contributed by atoms with E-state index >= 15 is 0 Å². The zero-order chi connectivity index (χ0) is 16.7. The predicted octanol–water partition coefficient (Wildman–Crippen LogP) is 4.62. The van der Waals surface area contributed by atoms with E-state index in [1.54, 1.807) is 18.2 Å². The zero-order valence-corrected chi connectivity index (χ0v) is 15.2. The maximum Gasteiger partial charge on any atom is 0.258 e. The first-order valence-electron chi connectivity index (χ1n) is 7.45. The van der Waals surface area contributed by atoms with Crippen LogP contribution in [0.5, 0.6) is 5.75 Å². The van der Waals surface area contributed by atoms with Crippen LogP contribution in [0.25, 0.3) is 0 Å². The number of benzene rings is 2. The normalized spacial score (nSPS) is 11.8. The van der Waals surface area contributed by atoms with E-state index in [1.807, 2.05) is 25.1 Å². The van der Waals surface area contributed by atoms with Gasteiger partial charge in [0.15, 0.2) is 6.61 Å². The molecule has 0 spiro atoms. The summed E-state index contributed by atoms with van der Waals surface area (Å²) < 4.78 is 6.23. The molecule has 3 nitrogen and oxygen atoms in total. The lowest BCUT2D eigenvalue weighted by molar-refractivity contribution is -0.123. The van der Waals surface area contributed by atoms with Gasteiger partial charge in [-0.1, -0.05) is 41.9 Å². The fourth-order valence-electron chi connectivity index (χ4n) is 2.15. The molecule has 122 valence electrons. The SMILES string of the molecule is C[C@@H](CCc1ccccc1)NC(=O)COc1ccc(Cl)cc1Br. The van der Waals surface area contributed by atoms with Gasteiger partial charge < -0.3 is 10.1 Å². The van der Waals surface area contributed by atoms with Crippen LogP contribution in [0, 0.1) is 0 Å². The van der Waals surface area contributed by atoms with Crippen LogP contribution in [0.15, 0.2) is 53.0 Å². The van der Waals surface area contributed by atoms with Crippen molar-refractivity contribution in [3.63, 3.8) is 0 Å². The molecule has 0 saturated carbocycles. The first-order chi connectivity index (χ1) is 11.0. The topological polar surface area (TPSA) is 38.3 Å². The molecular formula is C18H19BrClNO2. The van der Waals surface area contributed by atoms with E-state index in [4.69, 9.17) is 16.3 Å². The Kier molecular flexibility index (Phi) is 6.93. The van der Waals surface area contributed by atoms with Crippen molar-refractivity contribution in [1.82, 2.24) is 5.32 Å². The smallest absolute Gasteiger partial charge is 0.258 e. The highest BCUT2D eigenvalue weighted by Gasteiger charge is 2.09. The quantitative estimate of drug-likeness (QED) is 0.741. The van der Waals surface area contributed by atoms with Gasteiger partial charge >= 0.3 is 0 Å². The summed E-state index contributed by atoms with van der Waals surface area (Å²) in [4.78, 5) is 11.9. The number of rotatable bonds is 7. The number of hydrogen-bond donors (Lipinski definition) is 1. The Bertz CT molecular complexity index is 649. The van der Waals surface area contributed by atoms with E-state index in [1.165, 1.54) is 5.56 Å². The molecule has 1 N–H and O–H groups in total. The van der Waals surface area contributed by atoms with Gasteiger partial charge in [-0.3, -0.25) is 4.79 Å². The third kappa shape index (κ3) is 6.24. The third-order valence-corrected chi connectivity index (χ3v) is 4.22. The number of nitrogens with one attached hydrogen (secondary N) is 1. The number of aryl methyl sites for hydroxylation is 1. The van der Waals surface area contributed by atoms with E-state index in [0.29, 0.717) is 10.8 Å². The van der Waals surface area contributed by atoms with E-state index < -0.39 is 0 Å². The highest BCUT2D eigenvalue weighted by Crippen LogP contribution is 2.27. The highest BCUT2D eigenvalue weighted by molar-refractivity contribution is 9.10. The molecule has 5 heteroatoms. The summed E-state index contributed by atoms with van der Waals surface area (Å²) in [6, 6.07) is 15.5. The Morgan fingerprint density at radius 3 is 2.70 bits per heavy atom. The number of carbonyl (C=O) groups excluding carboxylic acids is 1. The molecule has 2 aromatic rings. The summed E-state index contributed by atoms with van der Waals surface area (Å²) in [6.07, 6.45) is 1.83. The lowest BCUT2D eigenvalue weighted by Crippen LogP contribution is -2.36. The molecule has 0 aliphatic carbocycles. The molecule has 1 atom stereocenters. The molecule has 0 fully saturated rings. The third-order valence-electron chi connectivity index (χ3n) is 3.37. The number of carbonyl (C=O) groups is 1. The average molecular weight is 397 g/mol. The van der Waals surface area contributed by atoms with Crippen LogP contribution >= 0.6 is 27.5 Å². The Morgan fingerprint density at radius 2 is 2.00 bits per heavy atom. The van der Waals surface area contributed by atoms with Gasteiger partial charge in [0.05, 0.1) is 4.47 Å². The Labute approximate surface area is 150 Å². The molecule has 0 aliphatic rings. The molecular weight excluding hydrogens is 378 g/mol. The van der Waals surface area contributed by atoms with Crippen LogP contribution in [-0.2, 0) is 11.2 Å². The summed E-state index contributed by atoms with van der Waals surface area (Å²) >= 11 is 9.23. The van der Waals surface area contributed by atoms with E-state index in [9.17, 15) is 4.79 Å². The standard InChI is InChI=1S/C18H19BrClNO2/c1-13(7-8-14-5-3-2-4-6-14)21-18(22)12-23-17-10-9-15(20)11-16(17)19/h2-6,9-11,13H,7-8,12H2,1H3,(H,21,22)/t13-/m0/s1. The summed E-state index contributed by atoms with van der Waals surface area (Å²) in [7, 11) is 0. The summed E-state index contributed by atoms with van der Waals surface area (Å²) in [5.41, 5.74) is 1.27. The van der Waals surface area contributed by atoms with Crippen molar-refractivity contribution in [3.05, 3.63) is 63.6 Å². The second-order valence-corrected chi connectivity index (χ2v) is 6.65. The van der Waals surface area contributed by atoms with Crippen LogP contribution in [0.1, 0.15) is 18.9 Å². The summed E-state index contributed by atoms with van der Waals surface area (Å²) in [6.45, 7) is 1.98. The van der Waals surface area contributed by atoms with Gasteiger partial charge in [0, 0.05) is 11.1 Å². The monoisotopic (exact) mass is 395 g/mol. The molecule has 0 aromatic heterocycles. The van der Waals surface area contributed by atoms with Crippen molar-refractivity contribution in [2.45, 2.75) is 25.8 Å². The van der Waals surface area contributed by atoms with Crippen molar-refractivity contribution in [3.8, 4) is 5.75 Å². The second-order valence-electron chi connectivity index (χ2n) is 5.36. The Balaban J connectivity index is 1.73. The van der Waals surface area contributed by atoms with Gasteiger partial charge in [-0.2, -0.15) is 0 Å². The van der Waals surface area contributed by atoms with E-state index in [-0.39, 0.29) is 18.6 Å². The average Bonchev–Trinajstić information content (AvgIpc) is 2.53. The molecule has 0 heterocycles. The first-order valence-corrected chi connectivity index (χ1v) is 8.63. The lowest BCUT2D eigenvalue weighted by atomic mass is 10.1. The van der Waals surface area contributed by atoms with Gasteiger partial charge in [0.25, 0.3) is 5.91 Å². The fraction of sp³-hybridized carbons (Fsp3) is 0.278. The molecule has 2 rings (SSSR count). The van der Waals surface area contributed by atoms with Crippen molar-refractivity contribution in [2.75, 3.05) is 6.61 Å². The number of ether oxygens (including phenoxy) is 1. The van der Waals surface area contributed by atoms with Crippen LogP contribution in [0.2, 0.25) is 5.02 Å². The number of halogens is 2. The van der Waals surface area contributed by atoms with E-state index in [0.717, 1.165) is 17.3 Å². The Morgan fingerprint density at radius 1 is 1.26 bits per heavy atom. The van der Waals surface area contributed by atoms with Crippen molar-refractivity contribution in [1.29, 1.82) is 0 Å². The molecule has 2 aromatic carbocycles. The number of amides is 1. The van der Waals surface area contributed by atoms with Gasteiger partial charge in [-0.05, 0) is 59.5 Å². The minimum absolute atomic E-state index is 0.0179. The van der Waals surface area contributed by atoms with Crippen LogP contribution in [-0.4, -0.2) is 18.6 Å². The molecule has 0 aliphatic heterocycles. The van der Waals surface area contributed by atoms with Gasteiger partial charge in [-0.25, -0.2) is 0 Å². The molecule has 0 bridgehead atoms. The molecule has 0 saturated heterocycles. The minimum Gasteiger partial charge on any atom is -0.483 e. The van der Waals surface area contributed by atoms with Crippen LogP contribution < -0.4 is 10.1 Å². The van der Waals surface area contributed by atoms with Gasteiger partial charge in [0.1, 0.15) is 5.75 Å². The largest absolute Gasteiger partial charge is 0.483 e. The molecule has 0 radical (unpaired) electrons. The maximum atomic E-state index is 11.9. The van der Waals surface area contributed by atoms with Crippen molar-refractivity contribution < 1.29 is 9.53 Å². The second kappa shape index (κ2) is 8.94. The number of hydrogen-bond acceptors (Lipinski definition) is 2. The summed E-state index contributed by atoms with van der Waals surface area (Å²) in [5, 5.41) is 3.56. The van der Waals surface area contributed by atoms with E-state index in [2.05, 4.69) is 33.4 Å². The van der Waals surface area contributed by atoms with Crippen molar-refractivity contribution in [2.24, 2.45) is 0 Å². The van der Waals surface area contributed by atoms with Gasteiger partial charge in [0.2, 0.25) is 0 Å². The van der Waals surface area contributed by atoms with Crippen molar-refractivity contribution >= 4 is 33.4 Å². The van der Waals surface area contributed by atoms with Crippen LogP contribution in [0.3, 0.4) is 0 Å². The Hall–Kier alpha value is -1.52. The maximum absolute atomic E-state index is 11.9. The first kappa shape index (κ1) is 17.8. The fourth-order valence-corrected chi connectivity index (χ4v) is 2.95. The molecule has 23 heavy (non-hydrogen) atoms. The minimum atomic E-state index is -0.132. The molecule has 0 unspecified atom stereocenters. The highest BCUT2D eigenvalue weighted by atomic mass is 79.9. The zero-order valence-electron chi connectivity index (χ0n) is 12.9.